The Balaban J connectivity index is 1.67. The highest BCUT2D eigenvalue weighted by molar-refractivity contribution is 5.46. The van der Waals surface area contributed by atoms with Crippen LogP contribution in [-0.2, 0) is 0 Å². The SMILES string of the molecule is O=[N+](Nc1ccccc1)c1ccc(N=Nc2ccccc2)cc1. The number of anilines is 1. The van der Waals surface area contributed by atoms with Crippen molar-refractivity contribution in [2.24, 2.45) is 10.2 Å². The molecule has 0 atom stereocenters. The molecule has 0 aromatic heterocycles. The van der Waals surface area contributed by atoms with E-state index >= 15 is 0 Å². The van der Waals surface area contributed by atoms with Crippen LogP contribution in [0.15, 0.2) is 95.2 Å². The van der Waals surface area contributed by atoms with Crippen molar-refractivity contribution in [2.45, 2.75) is 0 Å². The Morgan fingerprint density at radius 2 is 1.17 bits per heavy atom. The zero-order valence-electron chi connectivity index (χ0n) is 12.3. The Morgan fingerprint density at radius 1 is 0.652 bits per heavy atom. The Hall–Kier alpha value is -3.34. The van der Waals surface area contributed by atoms with Crippen molar-refractivity contribution < 1.29 is 4.87 Å². The lowest BCUT2D eigenvalue weighted by Crippen LogP contribution is -2.09. The van der Waals surface area contributed by atoms with E-state index in [0.29, 0.717) is 16.2 Å². The summed E-state index contributed by atoms with van der Waals surface area (Å²) >= 11 is 0. The molecule has 0 unspecified atom stereocenters. The zero-order chi connectivity index (χ0) is 15.9. The third kappa shape index (κ3) is 4.07. The van der Waals surface area contributed by atoms with E-state index in [1.807, 2.05) is 60.7 Å². The van der Waals surface area contributed by atoms with Crippen molar-refractivity contribution in [3.63, 3.8) is 0 Å². The summed E-state index contributed by atoms with van der Waals surface area (Å²) in [6.45, 7) is 0. The molecule has 112 valence electrons. The molecule has 23 heavy (non-hydrogen) atoms. The van der Waals surface area contributed by atoms with Gasteiger partial charge in [0.1, 0.15) is 5.69 Å². The molecule has 0 amide bonds. The Bertz CT molecular complexity index is 799. The molecule has 3 rings (SSSR count). The van der Waals surface area contributed by atoms with E-state index in [-0.39, 0.29) is 0 Å². The third-order valence-electron chi connectivity index (χ3n) is 3.13. The summed E-state index contributed by atoms with van der Waals surface area (Å²) in [5.41, 5.74) is 5.45. The quantitative estimate of drug-likeness (QED) is 0.382. The standard InChI is InChI=1S/C18H15N4O/c23-22(21-17-9-5-2-6-10-17)18-13-11-16(12-14-18)20-19-15-7-3-1-4-8-15/h1-14H,(H,21,23)/q+1. The smallest absolute Gasteiger partial charge is 0.151 e. The molecule has 5 nitrogen and oxygen atoms in total. The second-order valence-electron chi connectivity index (χ2n) is 4.82. The molecule has 5 heteroatoms. The number of azo groups is 1. The van der Waals surface area contributed by atoms with Crippen LogP contribution < -0.4 is 5.43 Å². The van der Waals surface area contributed by atoms with Gasteiger partial charge in [0.25, 0.3) is 5.69 Å². The van der Waals surface area contributed by atoms with Gasteiger partial charge in [-0.2, -0.15) is 10.2 Å². The molecule has 0 heterocycles. The van der Waals surface area contributed by atoms with Crippen molar-refractivity contribution in [1.29, 1.82) is 0 Å². The molecule has 3 aromatic rings. The van der Waals surface area contributed by atoms with Gasteiger partial charge in [0.2, 0.25) is 0 Å². The van der Waals surface area contributed by atoms with Gasteiger partial charge >= 0.3 is 0 Å². The Labute approximate surface area is 133 Å². The maximum absolute atomic E-state index is 12.1. The lowest BCUT2D eigenvalue weighted by atomic mass is 10.3. The van der Waals surface area contributed by atoms with Crippen LogP contribution in [0.25, 0.3) is 0 Å². The monoisotopic (exact) mass is 303 g/mol. The molecule has 0 aliphatic heterocycles. The number of hydrogen-bond acceptors (Lipinski definition) is 3. The summed E-state index contributed by atoms with van der Waals surface area (Å²) in [6.07, 6.45) is 0. The van der Waals surface area contributed by atoms with Crippen LogP contribution in [0.1, 0.15) is 0 Å². The van der Waals surface area contributed by atoms with Crippen LogP contribution in [0.3, 0.4) is 0 Å². The van der Waals surface area contributed by atoms with Crippen LogP contribution >= 0.6 is 0 Å². The minimum atomic E-state index is 0.493. The number of nitroso groups, excluding NO2 is 1. The number of nitrogens with one attached hydrogen (secondary N) is 1. The molecule has 0 aliphatic carbocycles. The predicted molar refractivity (Wildman–Crippen MR) is 90.4 cm³/mol. The van der Waals surface area contributed by atoms with Crippen LogP contribution in [0.5, 0.6) is 0 Å². The Kier molecular flexibility index (Phi) is 4.49. The average molecular weight is 303 g/mol. The van der Waals surface area contributed by atoms with E-state index in [0.717, 1.165) is 11.4 Å². The topological polar surface area (TPSA) is 56.8 Å². The van der Waals surface area contributed by atoms with Gasteiger partial charge in [-0.1, -0.05) is 36.4 Å². The fraction of sp³-hybridized carbons (Fsp3) is 0. The summed E-state index contributed by atoms with van der Waals surface area (Å²) in [7, 11) is 0. The van der Waals surface area contributed by atoms with Gasteiger partial charge in [0.05, 0.1) is 16.3 Å². The van der Waals surface area contributed by atoms with Crippen molar-refractivity contribution >= 4 is 22.7 Å². The number of para-hydroxylation sites is 1. The first-order valence-corrected chi connectivity index (χ1v) is 7.17. The minimum Gasteiger partial charge on any atom is -0.151 e. The van der Waals surface area contributed by atoms with E-state index in [9.17, 15) is 4.91 Å². The van der Waals surface area contributed by atoms with E-state index < -0.39 is 0 Å². The third-order valence-corrected chi connectivity index (χ3v) is 3.13. The van der Waals surface area contributed by atoms with Gasteiger partial charge in [0, 0.05) is 12.1 Å². The van der Waals surface area contributed by atoms with Gasteiger partial charge in [-0.15, -0.1) is 5.43 Å². The number of hydrogen-bond donors (Lipinski definition) is 1. The van der Waals surface area contributed by atoms with Crippen molar-refractivity contribution in [1.82, 2.24) is 0 Å². The molecule has 0 bridgehead atoms. The maximum atomic E-state index is 12.1. The van der Waals surface area contributed by atoms with Crippen LogP contribution in [0.2, 0.25) is 0 Å². The number of hydrazine groups is 1. The van der Waals surface area contributed by atoms with E-state index in [1.165, 1.54) is 0 Å². The minimum absolute atomic E-state index is 0.493. The fourth-order valence-electron chi connectivity index (χ4n) is 1.96. The second kappa shape index (κ2) is 7.09. The van der Waals surface area contributed by atoms with Crippen molar-refractivity contribution in [3.05, 3.63) is 89.8 Å². The van der Waals surface area contributed by atoms with Crippen molar-refractivity contribution in [3.8, 4) is 0 Å². The molecule has 0 spiro atoms. The average Bonchev–Trinajstić information content (AvgIpc) is 2.62. The van der Waals surface area contributed by atoms with E-state index in [2.05, 4.69) is 15.7 Å². The summed E-state index contributed by atoms with van der Waals surface area (Å²) in [6, 6.07) is 25.7. The maximum Gasteiger partial charge on any atom is 0.292 e. The fourth-order valence-corrected chi connectivity index (χ4v) is 1.96. The van der Waals surface area contributed by atoms with Crippen molar-refractivity contribution in [2.75, 3.05) is 5.43 Å². The summed E-state index contributed by atoms with van der Waals surface area (Å²) in [5, 5.41) is 8.28. The predicted octanol–water partition coefficient (Wildman–Crippen LogP) is 5.54. The van der Waals surface area contributed by atoms with Gasteiger partial charge in [-0.3, -0.25) is 0 Å². The van der Waals surface area contributed by atoms with Gasteiger partial charge in [-0.05, 0) is 36.4 Å². The normalized spacial score (nSPS) is 10.6. The van der Waals surface area contributed by atoms with Gasteiger partial charge < -0.3 is 0 Å². The number of benzene rings is 3. The number of nitrogens with zero attached hydrogens (tertiary/aromatic N) is 3. The molecule has 0 aliphatic rings. The highest BCUT2D eigenvalue weighted by atomic mass is 16.3. The van der Waals surface area contributed by atoms with Crippen LogP contribution in [0, 0.1) is 4.91 Å². The van der Waals surface area contributed by atoms with Gasteiger partial charge in [-0.25, -0.2) is 0 Å². The zero-order valence-corrected chi connectivity index (χ0v) is 12.3. The highest BCUT2D eigenvalue weighted by Gasteiger charge is 2.13. The Morgan fingerprint density at radius 3 is 1.78 bits per heavy atom. The first kappa shape index (κ1) is 14.6. The molecular formula is C18H15N4O+. The first-order valence-electron chi connectivity index (χ1n) is 7.17. The molecule has 0 saturated carbocycles. The molecule has 0 fully saturated rings. The lowest BCUT2D eigenvalue weighted by Gasteiger charge is -1.97. The second-order valence-corrected chi connectivity index (χ2v) is 4.82. The molecule has 3 aromatic carbocycles. The van der Waals surface area contributed by atoms with Gasteiger partial charge in [0.15, 0.2) is 4.87 Å². The summed E-state index contributed by atoms with van der Waals surface area (Å²) in [5.74, 6) is 0. The summed E-state index contributed by atoms with van der Waals surface area (Å²) in [4.78, 5) is 12.8. The first-order chi connectivity index (χ1) is 11.3. The number of rotatable bonds is 5. The molecule has 0 saturated heterocycles. The lowest BCUT2D eigenvalue weighted by molar-refractivity contribution is -0.427. The van der Waals surface area contributed by atoms with E-state index in [1.54, 1.807) is 24.3 Å². The largest absolute Gasteiger partial charge is 0.292 e. The molecule has 1 N–H and O–H groups in total. The van der Waals surface area contributed by atoms with Crippen LogP contribution in [0.4, 0.5) is 22.7 Å². The van der Waals surface area contributed by atoms with Crippen LogP contribution in [-0.4, -0.2) is 4.87 Å². The highest BCUT2D eigenvalue weighted by Crippen LogP contribution is 2.21. The molecule has 0 radical (unpaired) electrons. The summed E-state index contributed by atoms with van der Waals surface area (Å²) < 4.78 is 0. The van der Waals surface area contributed by atoms with E-state index in [4.69, 9.17) is 0 Å². The molecular weight excluding hydrogens is 288 g/mol.